The van der Waals surface area contributed by atoms with E-state index in [4.69, 9.17) is 14.2 Å². The van der Waals surface area contributed by atoms with Gasteiger partial charge >= 0.3 is 0 Å². The number of fused-ring (bicyclic) bond motifs is 3. The van der Waals surface area contributed by atoms with Crippen molar-refractivity contribution in [1.82, 2.24) is 15.0 Å². The van der Waals surface area contributed by atoms with Crippen molar-refractivity contribution in [2.24, 2.45) is 0 Å². The molecule has 3 heterocycles. The third-order valence-corrected chi connectivity index (χ3v) is 6.03. The van der Waals surface area contributed by atoms with Gasteiger partial charge in [-0.25, -0.2) is 4.68 Å². The van der Waals surface area contributed by atoms with Crippen molar-refractivity contribution in [3.8, 4) is 11.5 Å². The number of amides is 1. The average molecular weight is 430 g/mol. The molecule has 0 fully saturated rings. The van der Waals surface area contributed by atoms with Crippen molar-refractivity contribution < 1.29 is 19.0 Å². The van der Waals surface area contributed by atoms with Gasteiger partial charge in [-0.3, -0.25) is 9.59 Å². The van der Waals surface area contributed by atoms with Crippen molar-refractivity contribution in [2.45, 2.75) is 39.0 Å². The zero-order chi connectivity index (χ0) is 21.5. The molecule has 2 aromatic heterocycles. The molecule has 0 bridgehead atoms. The largest absolute Gasteiger partial charge is 0.497 e. The van der Waals surface area contributed by atoms with Crippen LogP contribution in [0.25, 0.3) is 10.2 Å². The van der Waals surface area contributed by atoms with Gasteiger partial charge in [-0.2, -0.15) is 0 Å². The van der Waals surface area contributed by atoms with E-state index in [1.165, 1.54) is 18.4 Å². The number of ether oxygens (including phenoxy) is 3. The lowest BCUT2D eigenvalue weighted by molar-refractivity contribution is -0.117. The molecule has 4 rings (SSSR count). The lowest BCUT2D eigenvalue weighted by atomic mass is 9.94. The summed E-state index contributed by atoms with van der Waals surface area (Å²) >= 11 is 1.41. The Morgan fingerprint density at radius 3 is 2.87 bits per heavy atom. The third kappa shape index (κ3) is 3.75. The summed E-state index contributed by atoms with van der Waals surface area (Å²) in [7, 11) is 3.05. The molecule has 10 heteroatoms. The molecule has 1 aliphatic heterocycles. The topological polar surface area (TPSA) is 105 Å². The van der Waals surface area contributed by atoms with Crippen LogP contribution in [0.1, 0.15) is 24.3 Å². The molecule has 9 nitrogen and oxygen atoms in total. The number of nitrogens with one attached hydrogen (secondary N) is 1. The molecule has 0 unspecified atom stereocenters. The number of benzene rings is 1. The molecule has 0 aliphatic carbocycles. The highest BCUT2D eigenvalue weighted by Gasteiger charge is 2.31. The second-order valence-corrected chi connectivity index (χ2v) is 8.66. The summed E-state index contributed by atoms with van der Waals surface area (Å²) in [5.74, 6) is 0.638. The smallest absolute Gasteiger partial charge is 0.279 e. The fourth-order valence-electron chi connectivity index (χ4n) is 3.43. The molecule has 1 aromatic carbocycles. The normalized spacial score (nSPS) is 14.9. The molecule has 0 spiro atoms. The van der Waals surface area contributed by atoms with Crippen LogP contribution in [0.15, 0.2) is 23.0 Å². The van der Waals surface area contributed by atoms with Gasteiger partial charge in [0, 0.05) is 17.4 Å². The van der Waals surface area contributed by atoms with Crippen LogP contribution >= 0.6 is 11.3 Å². The van der Waals surface area contributed by atoms with Crippen LogP contribution in [0.3, 0.4) is 0 Å². The minimum absolute atomic E-state index is 0.262. The van der Waals surface area contributed by atoms with Crippen LogP contribution in [0.5, 0.6) is 11.5 Å². The van der Waals surface area contributed by atoms with Crippen LogP contribution in [0.4, 0.5) is 5.69 Å². The van der Waals surface area contributed by atoms with E-state index in [0.717, 1.165) is 15.1 Å². The van der Waals surface area contributed by atoms with Gasteiger partial charge in [0.2, 0.25) is 5.91 Å². The zero-order valence-electron chi connectivity index (χ0n) is 17.1. The first kappa shape index (κ1) is 20.3. The maximum Gasteiger partial charge on any atom is 0.279 e. The fraction of sp³-hybridized carbons (Fsp3) is 0.400. The zero-order valence-corrected chi connectivity index (χ0v) is 18.0. The van der Waals surface area contributed by atoms with E-state index in [-0.39, 0.29) is 17.7 Å². The Hall–Kier alpha value is -2.98. The summed E-state index contributed by atoms with van der Waals surface area (Å²) in [6.07, 6.45) is 0.610. The van der Waals surface area contributed by atoms with Crippen molar-refractivity contribution in [2.75, 3.05) is 19.5 Å². The molecule has 0 saturated carbocycles. The Morgan fingerprint density at radius 2 is 2.13 bits per heavy atom. The van der Waals surface area contributed by atoms with E-state index in [9.17, 15) is 9.59 Å². The minimum atomic E-state index is -0.415. The number of anilines is 1. The SMILES string of the molecule is COc1ccc(NC(=O)Cn2nnc3sc4c(c3c2=O)CC(C)(C)OC4)c(OC)c1. The predicted octanol–water partition coefficient (Wildman–Crippen LogP) is 2.36. The molecule has 1 aliphatic rings. The van der Waals surface area contributed by atoms with Crippen LogP contribution in [-0.4, -0.2) is 40.7 Å². The monoisotopic (exact) mass is 430 g/mol. The second kappa shape index (κ2) is 7.69. The summed E-state index contributed by atoms with van der Waals surface area (Å²) in [6, 6.07) is 5.04. The Balaban J connectivity index is 1.61. The van der Waals surface area contributed by atoms with Gasteiger partial charge in [-0.1, -0.05) is 5.21 Å². The summed E-state index contributed by atoms with van der Waals surface area (Å²) in [4.78, 5) is 27.2. The van der Waals surface area contributed by atoms with E-state index in [2.05, 4.69) is 15.6 Å². The van der Waals surface area contributed by atoms with Crippen LogP contribution in [-0.2, 0) is 29.1 Å². The minimum Gasteiger partial charge on any atom is -0.497 e. The Kier molecular flexibility index (Phi) is 5.20. The summed E-state index contributed by atoms with van der Waals surface area (Å²) in [5, 5.41) is 11.4. The van der Waals surface area contributed by atoms with Gasteiger partial charge in [0.15, 0.2) is 4.83 Å². The van der Waals surface area contributed by atoms with Gasteiger partial charge in [-0.15, -0.1) is 16.4 Å². The maximum atomic E-state index is 13.1. The highest BCUT2D eigenvalue weighted by molar-refractivity contribution is 7.18. The van der Waals surface area contributed by atoms with Crippen molar-refractivity contribution in [3.05, 3.63) is 39.0 Å². The molecule has 158 valence electrons. The Labute approximate surface area is 176 Å². The van der Waals surface area contributed by atoms with Crippen molar-refractivity contribution >= 4 is 33.1 Å². The molecule has 30 heavy (non-hydrogen) atoms. The molecule has 1 N–H and O–H groups in total. The number of carbonyl (C=O) groups excluding carboxylic acids is 1. The number of rotatable bonds is 5. The van der Waals surface area contributed by atoms with Gasteiger partial charge in [0.1, 0.15) is 18.0 Å². The second-order valence-electron chi connectivity index (χ2n) is 7.58. The number of hydrogen-bond acceptors (Lipinski definition) is 8. The number of aromatic nitrogens is 3. The van der Waals surface area contributed by atoms with E-state index >= 15 is 0 Å². The van der Waals surface area contributed by atoms with E-state index in [1.807, 2.05) is 13.8 Å². The molecule has 0 radical (unpaired) electrons. The first-order valence-corrected chi connectivity index (χ1v) is 10.2. The first-order valence-electron chi connectivity index (χ1n) is 9.35. The summed E-state index contributed by atoms with van der Waals surface area (Å²) in [5.41, 5.74) is 0.727. The van der Waals surface area contributed by atoms with Gasteiger partial charge in [-0.05, 0) is 31.5 Å². The number of thiophene rings is 1. The van der Waals surface area contributed by atoms with Crippen molar-refractivity contribution in [3.63, 3.8) is 0 Å². The third-order valence-electron chi connectivity index (χ3n) is 4.94. The van der Waals surface area contributed by atoms with Gasteiger partial charge in [0.05, 0.1) is 37.5 Å². The summed E-state index contributed by atoms with van der Waals surface area (Å²) in [6.45, 7) is 4.16. The van der Waals surface area contributed by atoms with Crippen LogP contribution in [0, 0.1) is 0 Å². The Bertz CT molecular complexity index is 1180. The lowest BCUT2D eigenvalue weighted by Gasteiger charge is -2.29. The summed E-state index contributed by atoms with van der Waals surface area (Å²) < 4.78 is 17.4. The molecule has 1 amide bonds. The van der Waals surface area contributed by atoms with Crippen LogP contribution in [0.2, 0.25) is 0 Å². The van der Waals surface area contributed by atoms with Gasteiger partial charge < -0.3 is 19.5 Å². The molecule has 0 saturated heterocycles. The molecule has 0 atom stereocenters. The number of hydrogen-bond donors (Lipinski definition) is 1. The molecular weight excluding hydrogens is 408 g/mol. The maximum absolute atomic E-state index is 13.1. The highest BCUT2D eigenvalue weighted by Crippen LogP contribution is 2.36. The molecular formula is C20H22N4O5S. The first-order chi connectivity index (χ1) is 14.3. The van der Waals surface area contributed by atoms with Crippen molar-refractivity contribution in [1.29, 1.82) is 0 Å². The van der Waals surface area contributed by atoms with E-state index in [0.29, 0.717) is 40.4 Å². The molecule has 3 aromatic rings. The number of carbonyl (C=O) groups is 1. The number of methoxy groups -OCH3 is 2. The van der Waals surface area contributed by atoms with Crippen LogP contribution < -0.4 is 20.3 Å². The lowest BCUT2D eigenvalue weighted by Crippen LogP contribution is -2.33. The predicted molar refractivity (Wildman–Crippen MR) is 112 cm³/mol. The fourth-order valence-corrected chi connectivity index (χ4v) is 4.46. The average Bonchev–Trinajstić information content (AvgIpc) is 3.07. The van der Waals surface area contributed by atoms with E-state index < -0.39 is 5.91 Å². The highest BCUT2D eigenvalue weighted by atomic mass is 32.1. The quantitative estimate of drug-likeness (QED) is 0.662. The van der Waals surface area contributed by atoms with Gasteiger partial charge in [0.25, 0.3) is 5.56 Å². The van der Waals surface area contributed by atoms with E-state index in [1.54, 1.807) is 25.3 Å². The number of nitrogens with zero attached hydrogens (tertiary/aromatic N) is 3. The standard InChI is InChI=1S/C20H22N4O5S/c1-20(2)8-12-15(10-29-20)30-18-17(12)19(26)24(23-22-18)9-16(25)21-13-6-5-11(27-3)7-14(13)28-4/h5-7H,8-10H2,1-4H3,(H,21,25). The Morgan fingerprint density at radius 1 is 1.33 bits per heavy atom.